The third-order valence-corrected chi connectivity index (χ3v) is 3.71. The average molecular weight is 295 g/mol. The fourth-order valence-corrected chi connectivity index (χ4v) is 2.73. The SMILES string of the molecule is CC(=O)CCCn1c2ccccc2c2nc3nonc3nc21. The van der Waals surface area contributed by atoms with Crippen LogP contribution in [0.15, 0.2) is 28.9 Å². The molecule has 1 aromatic carbocycles. The Morgan fingerprint density at radius 1 is 1.18 bits per heavy atom. The molecule has 0 unspecified atom stereocenters. The van der Waals surface area contributed by atoms with Gasteiger partial charge in [0, 0.05) is 18.4 Å². The lowest BCUT2D eigenvalue weighted by Gasteiger charge is -2.05. The third-order valence-electron chi connectivity index (χ3n) is 3.71. The molecule has 0 spiro atoms. The summed E-state index contributed by atoms with van der Waals surface area (Å²) in [6, 6.07) is 7.98. The van der Waals surface area contributed by atoms with Crippen LogP contribution < -0.4 is 0 Å². The summed E-state index contributed by atoms with van der Waals surface area (Å²) in [5, 5.41) is 8.53. The van der Waals surface area contributed by atoms with E-state index < -0.39 is 0 Å². The Balaban J connectivity index is 1.95. The van der Waals surface area contributed by atoms with E-state index in [1.54, 1.807) is 6.92 Å². The average Bonchev–Trinajstić information content (AvgIpc) is 3.08. The van der Waals surface area contributed by atoms with Gasteiger partial charge in [0.05, 0.1) is 5.52 Å². The molecule has 0 saturated carbocycles. The van der Waals surface area contributed by atoms with Crippen molar-refractivity contribution < 1.29 is 9.42 Å². The summed E-state index contributed by atoms with van der Waals surface area (Å²) in [7, 11) is 0. The van der Waals surface area contributed by atoms with E-state index in [1.807, 2.05) is 24.3 Å². The first-order chi connectivity index (χ1) is 10.7. The standard InChI is InChI=1S/C15H13N5O2/c1-9(21)5-4-8-20-11-7-3-2-6-10(11)12-15(20)17-14-13(16-12)18-22-19-14/h2-3,6-7H,4-5,8H2,1H3. The van der Waals surface area contributed by atoms with E-state index >= 15 is 0 Å². The lowest BCUT2D eigenvalue weighted by molar-refractivity contribution is -0.117. The molecule has 7 heteroatoms. The van der Waals surface area contributed by atoms with Gasteiger partial charge in [-0.05, 0) is 29.7 Å². The molecular formula is C15H13N5O2. The highest BCUT2D eigenvalue weighted by atomic mass is 16.6. The van der Waals surface area contributed by atoms with E-state index in [0.29, 0.717) is 24.3 Å². The van der Waals surface area contributed by atoms with Crippen molar-refractivity contribution in [3.63, 3.8) is 0 Å². The van der Waals surface area contributed by atoms with E-state index in [-0.39, 0.29) is 5.78 Å². The zero-order chi connectivity index (χ0) is 15.1. The number of aryl methyl sites for hydroxylation is 1. The molecule has 22 heavy (non-hydrogen) atoms. The Bertz CT molecular complexity index is 1000. The van der Waals surface area contributed by atoms with Crippen LogP contribution in [-0.4, -0.2) is 30.6 Å². The number of carbonyl (C=O) groups excluding carboxylic acids is 1. The molecule has 110 valence electrons. The molecule has 0 saturated heterocycles. The number of Topliss-reactive ketones (excluding diaryl/α,β-unsaturated/α-hetero) is 1. The minimum Gasteiger partial charge on any atom is -0.324 e. The van der Waals surface area contributed by atoms with Crippen molar-refractivity contribution in [1.82, 2.24) is 24.8 Å². The van der Waals surface area contributed by atoms with Crippen molar-refractivity contribution in [3.05, 3.63) is 24.3 Å². The first-order valence-corrected chi connectivity index (χ1v) is 7.11. The van der Waals surface area contributed by atoms with E-state index in [0.717, 1.165) is 28.5 Å². The van der Waals surface area contributed by atoms with Crippen LogP contribution in [0.2, 0.25) is 0 Å². The predicted octanol–water partition coefficient (Wildman–Crippen LogP) is 2.49. The number of para-hydroxylation sites is 1. The number of fused-ring (bicyclic) bond motifs is 4. The minimum atomic E-state index is 0.190. The molecule has 0 aliphatic heterocycles. The number of carbonyl (C=O) groups is 1. The van der Waals surface area contributed by atoms with Gasteiger partial charge >= 0.3 is 0 Å². The summed E-state index contributed by atoms with van der Waals surface area (Å²) in [6.45, 7) is 2.31. The molecule has 0 radical (unpaired) electrons. The van der Waals surface area contributed by atoms with Gasteiger partial charge < -0.3 is 9.36 Å². The van der Waals surface area contributed by atoms with Crippen LogP contribution in [0.4, 0.5) is 0 Å². The van der Waals surface area contributed by atoms with E-state index in [4.69, 9.17) is 4.63 Å². The maximum absolute atomic E-state index is 11.2. The van der Waals surface area contributed by atoms with Crippen molar-refractivity contribution in [2.75, 3.05) is 0 Å². The molecule has 4 rings (SSSR count). The van der Waals surface area contributed by atoms with Gasteiger partial charge in [-0.1, -0.05) is 18.2 Å². The molecule has 0 fully saturated rings. The van der Waals surface area contributed by atoms with Crippen LogP contribution >= 0.6 is 0 Å². The zero-order valence-electron chi connectivity index (χ0n) is 12.0. The second-order valence-corrected chi connectivity index (χ2v) is 5.28. The number of rotatable bonds is 4. The maximum Gasteiger partial charge on any atom is 0.245 e. The maximum atomic E-state index is 11.2. The predicted molar refractivity (Wildman–Crippen MR) is 80.3 cm³/mol. The molecule has 0 atom stereocenters. The molecule has 3 aromatic heterocycles. The summed E-state index contributed by atoms with van der Waals surface area (Å²) in [5.74, 6) is 0.190. The second kappa shape index (κ2) is 4.87. The molecule has 0 amide bonds. The Hall–Kier alpha value is -2.83. The molecule has 0 bridgehead atoms. The van der Waals surface area contributed by atoms with Crippen molar-refractivity contribution in [3.8, 4) is 0 Å². The monoisotopic (exact) mass is 295 g/mol. The summed E-state index contributed by atoms with van der Waals surface area (Å²) in [4.78, 5) is 20.2. The molecular weight excluding hydrogens is 282 g/mol. The van der Waals surface area contributed by atoms with Crippen LogP contribution in [0.3, 0.4) is 0 Å². The lowest BCUT2D eigenvalue weighted by atomic mass is 10.2. The number of ketones is 1. The van der Waals surface area contributed by atoms with Gasteiger partial charge in [0.1, 0.15) is 11.3 Å². The highest BCUT2D eigenvalue weighted by molar-refractivity contribution is 6.05. The minimum absolute atomic E-state index is 0.190. The number of nitrogens with zero attached hydrogens (tertiary/aromatic N) is 5. The van der Waals surface area contributed by atoms with Crippen molar-refractivity contribution in [2.45, 2.75) is 26.3 Å². The Morgan fingerprint density at radius 3 is 2.77 bits per heavy atom. The van der Waals surface area contributed by atoms with Crippen molar-refractivity contribution in [2.24, 2.45) is 0 Å². The first-order valence-electron chi connectivity index (χ1n) is 7.11. The summed E-state index contributed by atoms with van der Waals surface area (Å²) < 4.78 is 6.77. The fourth-order valence-electron chi connectivity index (χ4n) is 2.73. The van der Waals surface area contributed by atoms with Crippen LogP contribution in [0, 0.1) is 0 Å². The molecule has 0 N–H and O–H groups in total. The van der Waals surface area contributed by atoms with E-state index in [9.17, 15) is 4.79 Å². The van der Waals surface area contributed by atoms with Gasteiger partial charge in [-0.25, -0.2) is 14.6 Å². The molecule has 0 aliphatic carbocycles. The van der Waals surface area contributed by atoms with Gasteiger partial charge in [-0.15, -0.1) is 0 Å². The zero-order valence-corrected chi connectivity index (χ0v) is 12.0. The summed E-state index contributed by atoms with van der Waals surface area (Å²) >= 11 is 0. The van der Waals surface area contributed by atoms with Gasteiger partial charge in [0.15, 0.2) is 5.65 Å². The van der Waals surface area contributed by atoms with E-state index in [1.165, 1.54) is 0 Å². The quantitative estimate of drug-likeness (QED) is 0.575. The summed E-state index contributed by atoms with van der Waals surface area (Å²) in [6.07, 6.45) is 1.31. The van der Waals surface area contributed by atoms with Gasteiger partial charge in [-0.3, -0.25) is 0 Å². The van der Waals surface area contributed by atoms with Crippen LogP contribution in [0.5, 0.6) is 0 Å². The first kappa shape index (κ1) is 12.9. The van der Waals surface area contributed by atoms with Gasteiger partial charge in [-0.2, -0.15) is 0 Å². The van der Waals surface area contributed by atoms with Gasteiger partial charge in [0.25, 0.3) is 0 Å². The third kappa shape index (κ3) is 1.93. The topological polar surface area (TPSA) is 86.7 Å². The Kier molecular flexibility index (Phi) is 2.85. The summed E-state index contributed by atoms with van der Waals surface area (Å²) in [5.41, 5.74) is 3.36. The normalized spacial score (nSPS) is 11.7. The fraction of sp³-hybridized carbons (Fsp3) is 0.267. The van der Waals surface area contributed by atoms with Crippen LogP contribution in [0.25, 0.3) is 33.4 Å². The van der Waals surface area contributed by atoms with Crippen molar-refractivity contribution >= 4 is 39.1 Å². The smallest absolute Gasteiger partial charge is 0.245 e. The second-order valence-electron chi connectivity index (χ2n) is 5.28. The van der Waals surface area contributed by atoms with Gasteiger partial charge in [0.2, 0.25) is 11.3 Å². The Labute approximate surface area is 124 Å². The Morgan fingerprint density at radius 2 is 1.95 bits per heavy atom. The number of hydrogen-bond acceptors (Lipinski definition) is 6. The van der Waals surface area contributed by atoms with E-state index in [2.05, 4.69) is 24.8 Å². The molecule has 4 aromatic rings. The van der Waals surface area contributed by atoms with Crippen molar-refractivity contribution in [1.29, 1.82) is 0 Å². The molecule has 0 aliphatic rings. The highest BCUT2D eigenvalue weighted by Crippen LogP contribution is 2.27. The lowest BCUT2D eigenvalue weighted by Crippen LogP contribution is -2.01. The van der Waals surface area contributed by atoms with Crippen LogP contribution in [0.1, 0.15) is 19.8 Å². The number of aromatic nitrogens is 5. The largest absolute Gasteiger partial charge is 0.324 e. The molecule has 7 nitrogen and oxygen atoms in total. The number of hydrogen-bond donors (Lipinski definition) is 0. The number of benzene rings is 1. The highest BCUT2D eigenvalue weighted by Gasteiger charge is 2.16. The van der Waals surface area contributed by atoms with Crippen LogP contribution in [-0.2, 0) is 11.3 Å². The molecule has 3 heterocycles.